The molecule has 2 aliphatic rings. The molecule has 1 aliphatic carbocycles. The number of nitrogens with two attached hydrogens (primary N) is 1. The van der Waals surface area contributed by atoms with Crippen LogP contribution in [-0.4, -0.2) is 29.9 Å². The highest BCUT2D eigenvalue weighted by Crippen LogP contribution is 2.53. The van der Waals surface area contributed by atoms with E-state index in [1.807, 2.05) is 11.0 Å². The topological polar surface area (TPSA) is 46.3 Å². The normalized spacial score (nSPS) is 27.1. The van der Waals surface area contributed by atoms with E-state index in [1.165, 1.54) is 16.0 Å². The first-order valence-electron chi connectivity index (χ1n) is 7.91. The molecular formula is C18H20N2OS. The summed E-state index contributed by atoms with van der Waals surface area (Å²) >= 11 is 1.78. The van der Waals surface area contributed by atoms with Gasteiger partial charge in [0, 0.05) is 35.8 Å². The van der Waals surface area contributed by atoms with Crippen LogP contribution in [0.3, 0.4) is 0 Å². The molecule has 2 aromatic rings. The van der Waals surface area contributed by atoms with Gasteiger partial charge in [0.05, 0.1) is 0 Å². The molecule has 22 heavy (non-hydrogen) atoms. The summed E-state index contributed by atoms with van der Waals surface area (Å²) in [5, 5.41) is 2.14. The van der Waals surface area contributed by atoms with Crippen molar-refractivity contribution in [1.82, 2.24) is 4.90 Å². The molecule has 3 unspecified atom stereocenters. The summed E-state index contributed by atoms with van der Waals surface area (Å²) < 4.78 is 0. The molecule has 2 N–H and O–H groups in total. The van der Waals surface area contributed by atoms with Crippen molar-refractivity contribution in [3.05, 3.63) is 46.7 Å². The Morgan fingerprint density at radius 2 is 2.05 bits per heavy atom. The van der Waals surface area contributed by atoms with E-state index in [4.69, 9.17) is 5.73 Å². The molecule has 0 spiro atoms. The highest BCUT2D eigenvalue weighted by Gasteiger charge is 2.48. The monoisotopic (exact) mass is 312 g/mol. The smallest absolute Gasteiger partial charge is 0.226 e. The largest absolute Gasteiger partial charge is 0.341 e. The van der Waals surface area contributed by atoms with Crippen molar-refractivity contribution in [3.8, 4) is 11.1 Å². The van der Waals surface area contributed by atoms with Crippen molar-refractivity contribution in [2.75, 3.05) is 13.1 Å². The molecule has 1 amide bonds. The van der Waals surface area contributed by atoms with Crippen LogP contribution in [0.25, 0.3) is 11.1 Å². The number of amides is 1. The average molecular weight is 312 g/mol. The molecule has 0 radical (unpaired) electrons. The standard InChI is InChI=1S/C18H20N2OS/c19-13-6-8-20(11-13)18(21)16-10-15(16)17-14(7-9-22-17)12-4-2-1-3-5-12/h1-5,7,9,13,15-16H,6,8,10-11,19H2. The number of rotatable bonds is 3. The Morgan fingerprint density at radius 3 is 2.77 bits per heavy atom. The molecule has 4 rings (SSSR count). The Bertz CT molecular complexity index is 681. The lowest BCUT2D eigenvalue weighted by Gasteiger charge is -2.15. The lowest BCUT2D eigenvalue weighted by molar-refractivity contribution is -0.131. The summed E-state index contributed by atoms with van der Waals surface area (Å²) in [5.74, 6) is 0.885. The average Bonchev–Trinajstić information content (AvgIpc) is 2.97. The van der Waals surface area contributed by atoms with E-state index in [1.54, 1.807) is 11.3 Å². The quantitative estimate of drug-likeness (QED) is 0.946. The first-order chi connectivity index (χ1) is 10.7. The van der Waals surface area contributed by atoms with Gasteiger partial charge in [0.25, 0.3) is 0 Å². The summed E-state index contributed by atoms with van der Waals surface area (Å²) in [6.45, 7) is 1.57. The fourth-order valence-corrected chi connectivity index (χ4v) is 4.54. The van der Waals surface area contributed by atoms with E-state index in [-0.39, 0.29) is 12.0 Å². The van der Waals surface area contributed by atoms with Gasteiger partial charge >= 0.3 is 0 Å². The van der Waals surface area contributed by atoms with Gasteiger partial charge in [-0.25, -0.2) is 0 Å². The van der Waals surface area contributed by atoms with Crippen molar-refractivity contribution < 1.29 is 4.79 Å². The number of thiophene rings is 1. The van der Waals surface area contributed by atoms with Crippen LogP contribution in [0, 0.1) is 5.92 Å². The minimum Gasteiger partial charge on any atom is -0.341 e. The molecule has 114 valence electrons. The maximum Gasteiger partial charge on any atom is 0.226 e. The van der Waals surface area contributed by atoms with Gasteiger partial charge in [0.2, 0.25) is 5.91 Å². The predicted octanol–water partition coefficient (Wildman–Crippen LogP) is 3.08. The van der Waals surface area contributed by atoms with Gasteiger partial charge in [-0.3, -0.25) is 4.79 Å². The number of benzene rings is 1. The fourth-order valence-electron chi connectivity index (χ4n) is 3.44. The van der Waals surface area contributed by atoms with Gasteiger partial charge in [-0.2, -0.15) is 0 Å². The summed E-state index contributed by atoms with van der Waals surface area (Å²) in [6, 6.07) is 12.8. The van der Waals surface area contributed by atoms with Crippen molar-refractivity contribution >= 4 is 17.2 Å². The summed E-state index contributed by atoms with van der Waals surface area (Å²) in [4.78, 5) is 15.9. The van der Waals surface area contributed by atoms with E-state index in [0.717, 1.165) is 25.9 Å². The second kappa shape index (κ2) is 5.52. The molecule has 1 saturated carbocycles. The van der Waals surface area contributed by atoms with Crippen LogP contribution >= 0.6 is 11.3 Å². The number of nitrogens with zero attached hydrogens (tertiary/aromatic N) is 1. The lowest BCUT2D eigenvalue weighted by Crippen LogP contribution is -2.33. The van der Waals surface area contributed by atoms with Gasteiger partial charge < -0.3 is 10.6 Å². The van der Waals surface area contributed by atoms with Crippen LogP contribution in [0.15, 0.2) is 41.8 Å². The zero-order chi connectivity index (χ0) is 15.1. The summed E-state index contributed by atoms with van der Waals surface area (Å²) in [6.07, 6.45) is 1.93. The van der Waals surface area contributed by atoms with Crippen LogP contribution in [-0.2, 0) is 4.79 Å². The molecule has 4 heteroatoms. The zero-order valence-corrected chi connectivity index (χ0v) is 13.3. The fraction of sp³-hybridized carbons (Fsp3) is 0.389. The van der Waals surface area contributed by atoms with Crippen LogP contribution in [0.5, 0.6) is 0 Å². The number of likely N-dealkylation sites (tertiary alicyclic amines) is 1. The van der Waals surface area contributed by atoms with Gasteiger partial charge in [-0.1, -0.05) is 30.3 Å². The minimum absolute atomic E-state index is 0.169. The van der Waals surface area contributed by atoms with Crippen LogP contribution in [0.2, 0.25) is 0 Å². The molecule has 2 heterocycles. The van der Waals surface area contributed by atoms with Gasteiger partial charge in [0.15, 0.2) is 0 Å². The van der Waals surface area contributed by atoms with E-state index in [9.17, 15) is 4.79 Å². The maximum absolute atomic E-state index is 12.6. The lowest BCUT2D eigenvalue weighted by atomic mass is 10.0. The van der Waals surface area contributed by atoms with Gasteiger partial charge in [0.1, 0.15) is 0 Å². The van der Waals surface area contributed by atoms with E-state index >= 15 is 0 Å². The van der Waals surface area contributed by atoms with Crippen molar-refractivity contribution in [2.24, 2.45) is 11.7 Å². The molecule has 0 bridgehead atoms. The van der Waals surface area contributed by atoms with Gasteiger partial charge in [-0.05, 0) is 35.4 Å². The van der Waals surface area contributed by atoms with Crippen LogP contribution < -0.4 is 5.73 Å². The third kappa shape index (κ3) is 2.46. The number of hydrogen-bond donors (Lipinski definition) is 1. The number of hydrogen-bond acceptors (Lipinski definition) is 3. The molecule has 1 aliphatic heterocycles. The number of carbonyl (C=O) groups excluding carboxylic acids is 1. The molecular weight excluding hydrogens is 292 g/mol. The second-order valence-electron chi connectivity index (χ2n) is 6.35. The Kier molecular flexibility index (Phi) is 3.51. The predicted molar refractivity (Wildman–Crippen MR) is 89.8 cm³/mol. The SMILES string of the molecule is NC1CCN(C(=O)C2CC2c2sccc2-c2ccccc2)C1. The van der Waals surface area contributed by atoms with E-state index in [2.05, 4.69) is 35.7 Å². The molecule has 1 aromatic heterocycles. The highest BCUT2D eigenvalue weighted by atomic mass is 32.1. The van der Waals surface area contributed by atoms with Crippen molar-refractivity contribution in [1.29, 1.82) is 0 Å². The first-order valence-corrected chi connectivity index (χ1v) is 8.79. The summed E-state index contributed by atoms with van der Waals surface area (Å²) in [7, 11) is 0. The minimum atomic E-state index is 0.169. The third-order valence-electron chi connectivity index (χ3n) is 4.76. The Labute approximate surface area is 134 Å². The van der Waals surface area contributed by atoms with Crippen molar-refractivity contribution in [2.45, 2.75) is 24.8 Å². The first kappa shape index (κ1) is 14.0. The Hall–Kier alpha value is -1.65. The summed E-state index contributed by atoms with van der Waals surface area (Å²) in [5.41, 5.74) is 8.47. The van der Waals surface area contributed by atoms with Gasteiger partial charge in [-0.15, -0.1) is 11.3 Å². The Morgan fingerprint density at radius 1 is 1.23 bits per heavy atom. The van der Waals surface area contributed by atoms with Crippen LogP contribution in [0.4, 0.5) is 0 Å². The maximum atomic E-state index is 12.6. The Balaban J connectivity index is 1.51. The highest BCUT2D eigenvalue weighted by molar-refractivity contribution is 7.10. The molecule has 1 saturated heterocycles. The number of carbonyl (C=O) groups is 1. The molecule has 1 aromatic carbocycles. The van der Waals surface area contributed by atoms with E-state index in [0.29, 0.717) is 11.8 Å². The molecule has 3 nitrogen and oxygen atoms in total. The van der Waals surface area contributed by atoms with Crippen molar-refractivity contribution in [3.63, 3.8) is 0 Å². The zero-order valence-electron chi connectivity index (χ0n) is 12.4. The molecule has 3 atom stereocenters. The molecule has 2 fully saturated rings. The van der Waals surface area contributed by atoms with Crippen LogP contribution in [0.1, 0.15) is 23.6 Å². The van der Waals surface area contributed by atoms with E-state index < -0.39 is 0 Å². The third-order valence-corrected chi connectivity index (χ3v) is 5.81. The second-order valence-corrected chi connectivity index (χ2v) is 7.29.